The number of aromatic amines is 2. The van der Waals surface area contributed by atoms with Crippen LogP contribution in [0.1, 0.15) is 5.56 Å². The highest BCUT2D eigenvalue weighted by Crippen LogP contribution is 2.10. The maximum atomic E-state index is 11.0. The average molecular weight is 207 g/mol. The van der Waals surface area contributed by atoms with Gasteiger partial charge in [0.15, 0.2) is 0 Å². The van der Waals surface area contributed by atoms with E-state index < -0.39 is 0 Å². The lowest BCUT2D eigenvalue weighted by Crippen LogP contribution is -2.16. The van der Waals surface area contributed by atoms with E-state index in [1.807, 2.05) is 18.2 Å². The van der Waals surface area contributed by atoms with E-state index in [9.17, 15) is 4.79 Å². The van der Waals surface area contributed by atoms with Crippen molar-refractivity contribution in [1.82, 2.24) is 15.3 Å². The Morgan fingerprint density at radius 1 is 1.36 bits per heavy atom. The molecule has 0 bridgehead atoms. The first kappa shape index (κ1) is 8.96. The lowest BCUT2D eigenvalue weighted by Gasteiger charge is -2.01. The number of nitrogens with one attached hydrogen (secondary N) is 3. The molecule has 0 aliphatic heterocycles. The highest BCUT2D eigenvalue weighted by Gasteiger charge is 2.02. The van der Waals surface area contributed by atoms with E-state index in [1.54, 1.807) is 7.05 Å². The second-order valence-electron chi connectivity index (χ2n) is 2.92. The van der Waals surface area contributed by atoms with E-state index in [4.69, 9.17) is 12.2 Å². The molecule has 72 valence electrons. The molecule has 0 aliphatic rings. The van der Waals surface area contributed by atoms with Crippen LogP contribution in [0.3, 0.4) is 0 Å². The van der Waals surface area contributed by atoms with Crippen LogP contribution < -0.4 is 11.0 Å². The molecule has 4 nitrogen and oxygen atoms in total. The highest BCUT2D eigenvalue weighted by atomic mass is 32.1. The van der Waals surface area contributed by atoms with Crippen LogP contribution in [0.2, 0.25) is 0 Å². The zero-order valence-electron chi connectivity index (χ0n) is 7.55. The van der Waals surface area contributed by atoms with Crippen molar-refractivity contribution in [2.75, 3.05) is 7.05 Å². The number of hydrogen-bond donors (Lipinski definition) is 3. The monoisotopic (exact) mass is 207 g/mol. The average Bonchev–Trinajstić information content (AvgIpc) is 2.55. The van der Waals surface area contributed by atoms with Crippen molar-refractivity contribution in [2.45, 2.75) is 0 Å². The first-order valence-electron chi connectivity index (χ1n) is 4.15. The molecule has 0 fully saturated rings. The third-order valence-corrected chi connectivity index (χ3v) is 2.45. The lowest BCUT2D eigenvalue weighted by atomic mass is 10.2. The van der Waals surface area contributed by atoms with Crippen molar-refractivity contribution in [1.29, 1.82) is 0 Å². The molecular weight excluding hydrogens is 198 g/mol. The van der Waals surface area contributed by atoms with Gasteiger partial charge in [0.2, 0.25) is 0 Å². The molecule has 5 heteroatoms. The second-order valence-corrected chi connectivity index (χ2v) is 3.33. The first-order chi connectivity index (χ1) is 6.70. The van der Waals surface area contributed by atoms with E-state index in [1.165, 1.54) is 0 Å². The van der Waals surface area contributed by atoms with Crippen LogP contribution in [0.25, 0.3) is 11.0 Å². The summed E-state index contributed by atoms with van der Waals surface area (Å²) in [7, 11) is 1.77. The summed E-state index contributed by atoms with van der Waals surface area (Å²) in [6.07, 6.45) is 0. The molecule has 0 saturated carbocycles. The van der Waals surface area contributed by atoms with E-state index in [-0.39, 0.29) is 5.69 Å². The SMILES string of the molecule is CNC(=S)c1ccc2[nH]c(=O)[nH]c2c1. The minimum absolute atomic E-state index is 0.201. The molecular formula is C9H9N3OS. The summed E-state index contributed by atoms with van der Waals surface area (Å²) >= 11 is 5.08. The number of hydrogen-bond acceptors (Lipinski definition) is 2. The van der Waals surface area contributed by atoms with Crippen molar-refractivity contribution in [2.24, 2.45) is 0 Å². The Labute approximate surface area is 85.3 Å². The van der Waals surface area contributed by atoms with Crippen LogP contribution in [0.15, 0.2) is 23.0 Å². The smallest absolute Gasteiger partial charge is 0.323 e. The summed E-state index contributed by atoms with van der Waals surface area (Å²) in [4.78, 5) is 17.0. The van der Waals surface area contributed by atoms with Crippen LogP contribution in [-0.4, -0.2) is 22.0 Å². The molecule has 0 radical (unpaired) electrons. The molecule has 3 N–H and O–H groups in total. The summed E-state index contributed by atoms with van der Waals surface area (Å²) < 4.78 is 0. The van der Waals surface area contributed by atoms with Gasteiger partial charge in [-0.05, 0) is 18.2 Å². The van der Waals surface area contributed by atoms with E-state index >= 15 is 0 Å². The molecule has 1 aromatic heterocycles. The molecule has 0 spiro atoms. The van der Waals surface area contributed by atoms with E-state index in [0.29, 0.717) is 4.99 Å². The number of rotatable bonds is 1. The molecule has 0 aliphatic carbocycles. The number of fused-ring (bicyclic) bond motifs is 1. The Hall–Kier alpha value is -1.62. The van der Waals surface area contributed by atoms with Crippen molar-refractivity contribution in [3.05, 3.63) is 34.2 Å². The fourth-order valence-electron chi connectivity index (χ4n) is 1.32. The van der Waals surface area contributed by atoms with E-state index in [2.05, 4.69) is 15.3 Å². The molecule has 1 heterocycles. The Bertz CT molecular complexity index is 540. The molecule has 0 unspecified atom stereocenters. The third-order valence-electron chi connectivity index (χ3n) is 2.01. The van der Waals surface area contributed by atoms with Gasteiger partial charge in [-0.15, -0.1) is 0 Å². The fourth-order valence-corrected chi connectivity index (χ4v) is 1.45. The topological polar surface area (TPSA) is 60.7 Å². The van der Waals surface area contributed by atoms with Gasteiger partial charge < -0.3 is 15.3 Å². The third kappa shape index (κ3) is 1.42. The Morgan fingerprint density at radius 2 is 2.07 bits per heavy atom. The zero-order chi connectivity index (χ0) is 10.1. The maximum Gasteiger partial charge on any atom is 0.323 e. The standard InChI is InChI=1S/C9H9N3OS/c1-10-8(14)5-2-3-6-7(4-5)12-9(13)11-6/h2-4H,1H3,(H,10,14)(H2,11,12,13). The molecule has 0 amide bonds. The Kier molecular flexibility index (Phi) is 2.09. The van der Waals surface area contributed by atoms with Crippen LogP contribution in [0.5, 0.6) is 0 Å². The van der Waals surface area contributed by atoms with Gasteiger partial charge in [0.05, 0.1) is 11.0 Å². The second kappa shape index (κ2) is 3.26. The van der Waals surface area contributed by atoms with Gasteiger partial charge in [-0.2, -0.15) is 0 Å². The zero-order valence-corrected chi connectivity index (χ0v) is 8.37. The highest BCUT2D eigenvalue weighted by molar-refractivity contribution is 7.80. The maximum absolute atomic E-state index is 11.0. The lowest BCUT2D eigenvalue weighted by molar-refractivity contribution is 1.20. The van der Waals surface area contributed by atoms with Crippen molar-refractivity contribution in [3.8, 4) is 0 Å². The van der Waals surface area contributed by atoms with Gasteiger partial charge in [0, 0.05) is 12.6 Å². The van der Waals surface area contributed by atoms with Gasteiger partial charge >= 0.3 is 5.69 Å². The quantitative estimate of drug-likeness (QED) is 0.605. The molecule has 1 aromatic carbocycles. The van der Waals surface area contributed by atoms with E-state index in [0.717, 1.165) is 16.6 Å². The van der Waals surface area contributed by atoms with Gasteiger partial charge in [-0.25, -0.2) is 4.79 Å². The van der Waals surface area contributed by atoms with Crippen LogP contribution in [0.4, 0.5) is 0 Å². The van der Waals surface area contributed by atoms with Gasteiger partial charge in [0.1, 0.15) is 4.99 Å². The molecule has 2 aromatic rings. The first-order valence-corrected chi connectivity index (χ1v) is 4.55. The molecule has 0 atom stereocenters. The summed E-state index contributed by atoms with van der Waals surface area (Å²) in [5.41, 5.74) is 2.25. The minimum atomic E-state index is -0.201. The predicted molar refractivity (Wildman–Crippen MR) is 59.7 cm³/mol. The van der Waals surface area contributed by atoms with Crippen molar-refractivity contribution >= 4 is 28.2 Å². The van der Waals surface area contributed by atoms with Crippen molar-refractivity contribution < 1.29 is 0 Å². The van der Waals surface area contributed by atoms with Crippen molar-refractivity contribution in [3.63, 3.8) is 0 Å². The van der Waals surface area contributed by atoms with Crippen LogP contribution in [-0.2, 0) is 0 Å². The minimum Gasteiger partial charge on any atom is -0.379 e. The molecule has 14 heavy (non-hydrogen) atoms. The number of thiocarbonyl (C=S) groups is 1. The van der Waals surface area contributed by atoms with Gasteiger partial charge in [-0.3, -0.25) is 0 Å². The number of imidazole rings is 1. The Balaban J connectivity index is 2.61. The fraction of sp³-hybridized carbons (Fsp3) is 0.111. The summed E-state index contributed by atoms with van der Waals surface area (Å²) in [5.74, 6) is 0. The van der Waals surface area contributed by atoms with Gasteiger partial charge in [-0.1, -0.05) is 12.2 Å². The number of benzene rings is 1. The normalized spacial score (nSPS) is 10.4. The summed E-state index contributed by atoms with van der Waals surface area (Å²) in [6.45, 7) is 0. The number of H-pyrrole nitrogens is 2. The predicted octanol–water partition coefficient (Wildman–Crippen LogP) is 0.751. The number of aromatic nitrogens is 2. The molecule has 0 saturated heterocycles. The van der Waals surface area contributed by atoms with Crippen LogP contribution in [0, 0.1) is 0 Å². The largest absolute Gasteiger partial charge is 0.379 e. The summed E-state index contributed by atoms with van der Waals surface area (Å²) in [5, 5.41) is 2.88. The van der Waals surface area contributed by atoms with Crippen LogP contribution >= 0.6 is 12.2 Å². The Morgan fingerprint density at radius 3 is 2.79 bits per heavy atom. The summed E-state index contributed by atoms with van der Waals surface area (Å²) in [6, 6.07) is 5.53. The van der Waals surface area contributed by atoms with Gasteiger partial charge in [0.25, 0.3) is 0 Å². The molecule has 2 rings (SSSR count).